The Morgan fingerprint density at radius 2 is 0.652 bits per heavy atom. The van der Waals surface area contributed by atoms with E-state index < -0.39 is 0 Å². The number of hydrogen-bond donors (Lipinski definition) is 0. The number of nitrogens with zero attached hydrogens (tertiary/aromatic N) is 5. The molecule has 216 valence electrons. The summed E-state index contributed by atoms with van der Waals surface area (Å²) >= 11 is 0. The molecule has 0 atom stereocenters. The Morgan fingerprint density at radius 1 is 0.283 bits per heavy atom. The van der Waals surface area contributed by atoms with E-state index in [9.17, 15) is 0 Å². The van der Waals surface area contributed by atoms with Gasteiger partial charge in [0.2, 0.25) is 0 Å². The highest BCUT2D eigenvalue weighted by Crippen LogP contribution is 2.40. The largest absolute Gasteiger partial charge is 0.256 e. The highest BCUT2D eigenvalue weighted by molar-refractivity contribution is 6.06. The zero-order valence-electron chi connectivity index (χ0n) is 24.8. The fraction of sp³-hybridized carbons (Fsp3) is 0. The van der Waals surface area contributed by atoms with Gasteiger partial charge in [-0.1, -0.05) is 60.7 Å². The lowest BCUT2D eigenvalue weighted by atomic mass is 9.89. The van der Waals surface area contributed by atoms with Gasteiger partial charge in [0.15, 0.2) is 0 Å². The minimum atomic E-state index is 0.801. The van der Waals surface area contributed by atoms with Crippen LogP contribution in [0.3, 0.4) is 0 Å². The first-order valence-corrected chi connectivity index (χ1v) is 15.2. The van der Waals surface area contributed by atoms with Gasteiger partial charge in [0.05, 0.1) is 34.2 Å². The quantitative estimate of drug-likeness (QED) is 0.193. The molecular weight excluding hydrogens is 562 g/mol. The molecule has 0 unspecified atom stereocenters. The molecular formula is C41H27N5. The molecule has 0 amide bonds. The van der Waals surface area contributed by atoms with Crippen molar-refractivity contribution in [3.05, 3.63) is 164 Å². The summed E-state index contributed by atoms with van der Waals surface area (Å²) in [6, 6.07) is 47.7. The van der Waals surface area contributed by atoms with Crippen LogP contribution in [0.5, 0.6) is 0 Å². The normalized spacial score (nSPS) is 11.0. The molecule has 5 aromatic heterocycles. The molecule has 46 heavy (non-hydrogen) atoms. The monoisotopic (exact) mass is 589 g/mol. The molecule has 0 bridgehead atoms. The topological polar surface area (TPSA) is 64.5 Å². The van der Waals surface area contributed by atoms with E-state index in [1.807, 2.05) is 85.2 Å². The number of fused-ring (bicyclic) bond motifs is 1. The number of rotatable bonds is 6. The van der Waals surface area contributed by atoms with E-state index >= 15 is 0 Å². The highest BCUT2D eigenvalue weighted by atomic mass is 14.8. The van der Waals surface area contributed by atoms with Crippen LogP contribution in [-0.2, 0) is 0 Å². The first kappa shape index (κ1) is 27.2. The zero-order chi connectivity index (χ0) is 30.7. The van der Waals surface area contributed by atoms with Crippen LogP contribution in [0, 0.1) is 0 Å². The molecule has 0 spiro atoms. The molecule has 3 aromatic carbocycles. The SMILES string of the molecule is c1ccc(-c2cc(-c3ccccn3)cc(-c3ccc(-c4cc(-c5ccccn5)nc(-c5ccccn5)c4)c4ccccc34)c2)nc1. The van der Waals surface area contributed by atoms with Crippen molar-refractivity contribution in [2.75, 3.05) is 0 Å². The lowest BCUT2D eigenvalue weighted by Gasteiger charge is -2.16. The van der Waals surface area contributed by atoms with E-state index in [1.165, 1.54) is 0 Å². The minimum Gasteiger partial charge on any atom is -0.256 e. The third kappa shape index (κ3) is 5.31. The molecule has 0 saturated carbocycles. The molecule has 0 aliphatic rings. The van der Waals surface area contributed by atoms with Crippen LogP contribution >= 0.6 is 0 Å². The number of aromatic nitrogens is 5. The van der Waals surface area contributed by atoms with Crippen molar-refractivity contribution >= 4 is 10.8 Å². The maximum Gasteiger partial charge on any atom is 0.0900 e. The van der Waals surface area contributed by atoms with Crippen molar-refractivity contribution in [2.24, 2.45) is 0 Å². The lowest BCUT2D eigenvalue weighted by Crippen LogP contribution is -1.95. The van der Waals surface area contributed by atoms with E-state index in [1.54, 1.807) is 12.4 Å². The molecule has 0 N–H and O–H groups in total. The van der Waals surface area contributed by atoms with Crippen molar-refractivity contribution in [1.29, 1.82) is 0 Å². The Morgan fingerprint density at radius 3 is 1.07 bits per heavy atom. The maximum absolute atomic E-state index is 4.98. The van der Waals surface area contributed by atoms with Crippen molar-refractivity contribution < 1.29 is 0 Å². The smallest absolute Gasteiger partial charge is 0.0900 e. The van der Waals surface area contributed by atoms with Crippen LogP contribution < -0.4 is 0 Å². The van der Waals surface area contributed by atoms with Gasteiger partial charge in [-0.05, 0) is 112 Å². The van der Waals surface area contributed by atoms with Crippen molar-refractivity contribution in [3.8, 4) is 67.5 Å². The summed E-state index contributed by atoms with van der Waals surface area (Å²) in [7, 11) is 0. The average molecular weight is 590 g/mol. The maximum atomic E-state index is 4.98. The Bertz CT molecular complexity index is 2010. The van der Waals surface area contributed by atoms with Gasteiger partial charge < -0.3 is 0 Å². The molecule has 8 rings (SSSR count). The van der Waals surface area contributed by atoms with Gasteiger partial charge in [-0.2, -0.15) is 0 Å². The van der Waals surface area contributed by atoms with E-state index in [0.717, 1.165) is 78.3 Å². The van der Waals surface area contributed by atoms with Crippen molar-refractivity contribution in [2.45, 2.75) is 0 Å². The zero-order valence-corrected chi connectivity index (χ0v) is 24.8. The van der Waals surface area contributed by atoms with E-state index in [4.69, 9.17) is 4.98 Å². The van der Waals surface area contributed by atoms with Crippen LogP contribution in [0.4, 0.5) is 0 Å². The summed E-state index contributed by atoms with van der Waals surface area (Å²) in [6.45, 7) is 0. The second-order valence-electron chi connectivity index (χ2n) is 11.0. The molecule has 5 heterocycles. The van der Waals surface area contributed by atoms with Crippen LogP contribution in [-0.4, -0.2) is 24.9 Å². The summed E-state index contributed by atoms with van der Waals surface area (Å²) < 4.78 is 0. The summed E-state index contributed by atoms with van der Waals surface area (Å²) in [5, 5.41) is 2.30. The second kappa shape index (κ2) is 12.0. The van der Waals surface area contributed by atoms with Gasteiger partial charge >= 0.3 is 0 Å². The van der Waals surface area contributed by atoms with E-state index in [2.05, 4.69) is 86.7 Å². The van der Waals surface area contributed by atoms with Crippen molar-refractivity contribution in [1.82, 2.24) is 24.9 Å². The van der Waals surface area contributed by atoms with Crippen LogP contribution in [0.2, 0.25) is 0 Å². The standard InChI is InChI=1S/C41H27N5/c1-2-12-35-33(29-26-40(38-15-5-9-21-44-38)46-41(27-29)39-16-6-10-22-45-39)18-17-32(34(35)11-1)28-23-30(36-13-3-7-19-42-36)25-31(24-28)37-14-4-8-20-43-37/h1-27H. The van der Waals surface area contributed by atoms with Gasteiger partial charge in [-0.3, -0.25) is 19.9 Å². The van der Waals surface area contributed by atoms with Gasteiger partial charge in [-0.25, -0.2) is 4.98 Å². The number of hydrogen-bond acceptors (Lipinski definition) is 5. The van der Waals surface area contributed by atoms with E-state index in [0.29, 0.717) is 0 Å². The average Bonchev–Trinajstić information content (AvgIpc) is 3.15. The Kier molecular flexibility index (Phi) is 7.09. The fourth-order valence-corrected chi connectivity index (χ4v) is 5.93. The highest BCUT2D eigenvalue weighted by Gasteiger charge is 2.16. The first-order chi connectivity index (χ1) is 22.8. The third-order valence-corrected chi connectivity index (χ3v) is 8.08. The van der Waals surface area contributed by atoms with Crippen LogP contribution in [0.1, 0.15) is 0 Å². The Balaban J connectivity index is 1.33. The molecule has 0 saturated heterocycles. The lowest BCUT2D eigenvalue weighted by molar-refractivity contribution is 1.22. The molecule has 0 aliphatic heterocycles. The molecule has 5 nitrogen and oxygen atoms in total. The summed E-state index contributed by atoms with van der Waals surface area (Å²) in [5.41, 5.74) is 11.6. The third-order valence-electron chi connectivity index (χ3n) is 8.08. The van der Waals surface area contributed by atoms with Crippen LogP contribution in [0.15, 0.2) is 164 Å². The Labute approximate surface area is 267 Å². The van der Waals surface area contributed by atoms with Gasteiger partial charge in [-0.15, -0.1) is 0 Å². The minimum absolute atomic E-state index is 0.801. The van der Waals surface area contributed by atoms with Gasteiger partial charge in [0.1, 0.15) is 0 Å². The predicted molar refractivity (Wildman–Crippen MR) is 186 cm³/mol. The molecule has 5 heteroatoms. The molecule has 0 aliphatic carbocycles. The summed E-state index contributed by atoms with van der Waals surface area (Å²) in [5.74, 6) is 0. The van der Waals surface area contributed by atoms with Gasteiger partial charge in [0, 0.05) is 35.9 Å². The summed E-state index contributed by atoms with van der Waals surface area (Å²) in [6.07, 6.45) is 7.26. The number of pyridine rings is 5. The van der Waals surface area contributed by atoms with Gasteiger partial charge in [0.25, 0.3) is 0 Å². The van der Waals surface area contributed by atoms with Crippen molar-refractivity contribution in [3.63, 3.8) is 0 Å². The van der Waals surface area contributed by atoms with Crippen LogP contribution in [0.25, 0.3) is 78.3 Å². The predicted octanol–water partition coefficient (Wildman–Crippen LogP) is 9.82. The second-order valence-corrected chi connectivity index (χ2v) is 11.0. The Hall–Kier alpha value is -6.33. The molecule has 0 radical (unpaired) electrons. The number of benzene rings is 3. The fourth-order valence-electron chi connectivity index (χ4n) is 5.93. The van der Waals surface area contributed by atoms with E-state index in [-0.39, 0.29) is 0 Å². The first-order valence-electron chi connectivity index (χ1n) is 15.2. The summed E-state index contributed by atoms with van der Waals surface area (Å²) in [4.78, 5) is 23.5. The molecule has 8 aromatic rings. The molecule has 0 fully saturated rings.